The molecule has 0 aliphatic rings. The molecule has 0 spiro atoms. The zero-order valence-corrected chi connectivity index (χ0v) is 10.9. The first-order valence-corrected chi connectivity index (χ1v) is 6.38. The van der Waals surface area contributed by atoms with Crippen LogP contribution in [0.1, 0.15) is 13.8 Å². The molecule has 0 atom stereocenters. The smallest absolute Gasteiger partial charge is 0.180 e. The Balaban J connectivity index is 2.17. The van der Waals surface area contributed by atoms with Crippen molar-refractivity contribution in [2.75, 3.05) is 31.1 Å². The lowest BCUT2D eigenvalue weighted by Gasteiger charge is -2.22. The van der Waals surface area contributed by atoms with Crippen LogP contribution in [0.5, 0.6) is 0 Å². The fraction of sp³-hybridized carbons (Fsp3) is 0.462. The van der Waals surface area contributed by atoms with Crippen LogP contribution in [-0.4, -0.2) is 41.1 Å². The van der Waals surface area contributed by atoms with Gasteiger partial charge >= 0.3 is 0 Å². The van der Waals surface area contributed by atoms with Crippen LogP contribution in [0.3, 0.4) is 0 Å². The number of pyridine rings is 1. The molecule has 0 fully saturated rings. The minimum Gasteiger partial charge on any atom is -0.356 e. The number of likely N-dealkylation sites (N-methyl/N-ethyl adjacent to an activating group) is 2. The van der Waals surface area contributed by atoms with E-state index in [-0.39, 0.29) is 0 Å². The van der Waals surface area contributed by atoms with Crippen LogP contribution >= 0.6 is 0 Å². The van der Waals surface area contributed by atoms with Crippen molar-refractivity contribution in [3.63, 3.8) is 0 Å². The average Bonchev–Trinajstić information content (AvgIpc) is 2.43. The van der Waals surface area contributed by atoms with Gasteiger partial charge in [-0.2, -0.15) is 0 Å². The summed E-state index contributed by atoms with van der Waals surface area (Å²) in [6, 6.07) is 3.98. The van der Waals surface area contributed by atoms with Crippen molar-refractivity contribution < 1.29 is 0 Å². The molecule has 96 valence electrons. The fourth-order valence-corrected chi connectivity index (χ4v) is 1.85. The van der Waals surface area contributed by atoms with E-state index in [4.69, 9.17) is 0 Å². The lowest BCUT2D eigenvalue weighted by Crippen LogP contribution is -2.32. The van der Waals surface area contributed by atoms with Gasteiger partial charge in [0.2, 0.25) is 0 Å². The first-order valence-electron chi connectivity index (χ1n) is 6.38. The third-order valence-electron chi connectivity index (χ3n) is 2.83. The highest BCUT2D eigenvalue weighted by Crippen LogP contribution is 2.14. The summed E-state index contributed by atoms with van der Waals surface area (Å²) >= 11 is 0. The quantitative estimate of drug-likeness (QED) is 0.781. The summed E-state index contributed by atoms with van der Waals surface area (Å²) < 4.78 is 0. The number of rotatable bonds is 6. The third kappa shape index (κ3) is 2.92. The van der Waals surface area contributed by atoms with Crippen molar-refractivity contribution in [1.29, 1.82) is 0 Å². The Morgan fingerprint density at radius 2 is 2.00 bits per heavy atom. The van der Waals surface area contributed by atoms with Gasteiger partial charge in [-0.05, 0) is 25.6 Å². The van der Waals surface area contributed by atoms with Crippen molar-refractivity contribution in [2.45, 2.75) is 13.8 Å². The van der Waals surface area contributed by atoms with Crippen molar-refractivity contribution in [3.05, 3.63) is 24.5 Å². The second-order valence-corrected chi connectivity index (χ2v) is 4.00. The van der Waals surface area contributed by atoms with Crippen LogP contribution < -0.4 is 10.2 Å². The molecule has 0 bridgehead atoms. The van der Waals surface area contributed by atoms with E-state index in [0.29, 0.717) is 5.65 Å². The van der Waals surface area contributed by atoms with E-state index in [0.717, 1.165) is 37.5 Å². The maximum Gasteiger partial charge on any atom is 0.180 e. The molecular formula is C13H19N5. The Kier molecular flexibility index (Phi) is 4.41. The maximum atomic E-state index is 4.55. The van der Waals surface area contributed by atoms with Gasteiger partial charge in [0.1, 0.15) is 11.3 Å². The Morgan fingerprint density at radius 3 is 2.78 bits per heavy atom. The summed E-state index contributed by atoms with van der Waals surface area (Å²) in [4.78, 5) is 15.2. The van der Waals surface area contributed by atoms with Gasteiger partial charge in [-0.1, -0.05) is 6.92 Å². The second kappa shape index (κ2) is 6.26. The minimum atomic E-state index is 0.705. The van der Waals surface area contributed by atoms with Gasteiger partial charge < -0.3 is 10.2 Å². The predicted octanol–water partition coefficient (Wildman–Crippen LogP) is 1.46. The summed E-state index contributed by atoms with van der Waals surface area (Å²) in [5.41, 5.74) is 1.54. The van der Waals surface area contributed by atoms with Crippen molar-refractivity contribution in [3.8, 4) is 0 Å². The van der Waals surface area contributed by atoms with Gasteiger partial charge in [0.05, 0.1) is 0 Å². The highest BCUT2D eigenvalue weighted by Gasteiger charge is 2.06. The SMILES string of the molecule is CCNCCN(CC)c1ccc2nccnc2n1. The minimum absolute atomic E-state index is 0.705. The standard InChI is InChI=1S/C13H19N5/c1-3-14-9-10-18(4-2)12-6-5-11-13(17-12)16-8-7-15-11/h5-8,14H,3-4,9-10H2,1-2H3. The highest BCUT2D eigenvalue weighted by atomic mass is 15.2. The molecule has 2 rings (SSSR count). The number of nitrogens with one attached hydrogen (secondary N) is 1. The summed E-state index contributed by atoms with van der Waals surface area (Å²) in [5, 5.41) is 3.32. The van der Waals surface area contributed by atoms with Crippen LogP contribution in [0.15, 0.2) is 24.5 Å². The molecule has 0 amide bonds. The van der Waals surface area contributed by atoms with Crippen LogP contribution in [0.4, 0.5) is 5.82 Å². The Bertz CT molecular complexity index is 499. The van der Waals surface area contributed by atoms with E-state index in [1.165, 1.54) is 0 Å². The van der Waals surface area contributed by atoms with Crippen molar-refractivity contribution in [1.82, 2.24) is 20.3 Å². The third-order valence-corrected chi connectivity index (χ3v) is 2.83. The molecule has 2 aromatic rings. The maximum absolute atomic E-state index is 4.55. The second-order valence-electron chi connectivity index (χ2n) is 4.00. The number of fused-ring (bicyclic) bond motifs is 1. The lowest BCUT2D eigenvalue weighted by molar-refractivity contribution is 0.684. The first-order chi connectivity index (χ1) is 8.85. The zero-order chi connectivity index (χ0) is 12.8. The molecule has 2 aromatic heterocycles. The number of nitrogens with zero attached hydrogens (tertiary/aromatic N) is 4. The number of aromatic nitrogens is 3. The number of anilines is 1. The average molecular weight is 245 g/mol. The van der Waals surface area contributed by atoms with Gasteiger partial charge in [0, 0.05) is 32.0 Å². The summed E-state index contributed by atoms with van der Waals surface area (Å²) in [6.07, 6.45) is 3.36. The summed E-state index contributed by atoms with van der Waals surface area (Å²) in [6.45, 7) is 8.08. The zero-order valence-electron chi connectivity index (χ0n) is 10.9. The summed E-state index contributed by atoms with van der Waals surface area (Å²) in [5.74, 6) is 0.961. The molecule has 0 aromatic carbocycles. The fourth-order valence-electron chi connectivity index (χ4n) is 1.85. The van der Waals surface area contributed by atoms with Crippen molar-refractivity contribution >= 4 is 17.0 Å². The molecule has 5 heteroatoms. The van der Waals surface area contributed by atoms with Gasteiger partial charge in [-0.25, -0.2) is 9.97 Å². The van der Waals surface area contributed by atoms with Crippen LogP contribution in [0.2, 0.25) is 0 Å². The normalized spacial score (nSPS) is 10.8. The molecule has 0 radical (unpaired) electrons. The first kappa shape index (κ1) is 12.7. The Morgan fingerprint density at radius 1 is 1.17 bits per heavy atom. The van der Waals surface area contributed by atoms with E-state index in [2.05, 4.69) is 39.0 Å². The number of hydrogen-bond donors (Lipinski definition) is 1. The molecule has 18 heavy (non-hydrogen) atoms. The molecule has 1 N–H and O–H groups in total. The van der Waals surface area contributed by atoms with E-state index in [1.54, 1.807) is 12.4 Å². The molecule has 0 saturated heterocycles. The Hall–Kier alpha value is -1.75. The molecule has 0 unspecified atom stereocenters. The Labute approximate surface area is 107 Å². The number of hydrogen-bond acceptors (Lipinski definition) is 5. The van der Waals surface area contributed by atoms with Crippen molar-refractivity contribution in [2.24, 2.45) is 0 Å². The van der Waals surface area contributed by atoms with Crippen LogP contribution in [-0.2, 0) is 0 Å². The van der Waals surface area contributed by atoms with E-state index in [9.17, 15) is 0 Å². The molecular weight excluding hydrogens is 226 g/mol. The summed E-state index contributed by atoms with van der Waals surface area (Å²) in [7, 11) is 0. The predicted molar refractivity (Wildman–Crippen MR) is 73.8 cm³/mol. The van der Waals surface area contributed by atoms with Gasteiger partial charge in [-0.15, -0.1) is 0 Å². The van der Waals surface area contributed by atoms with E-state index < -0.39 is 0 Å². The van der Waals surface area contributed by atoms with Crippen LogP contribution in [0.25, 0.3) is 11.2 Å². The monoisotopic (exact) mass is 245 g/mol. The molecule has 0 aliphatic carbocycles. The van der Waals surface area contributed by atoms with Gasteiger partial charge in [-0.3, -0.25) is 4.98 Å². The largest absolute Gasteiger partial charge is 0.356 e. The van der Waals surface area contributed by atoms with Gasteiger partial charge in [0.15, 0.2) is 5.65 Å². The molecule has 0 aliphatic heterocycles. The van der Waals surface area contributed by atoms with E-state index >= 15 is 0 Å². The lowest BCUT2D eigenvalue weighted by atomic mass is 10.3. The highest BCUT2D eigenvalue weighted by molar-refractivity contribution is 5.71. The molecule has 5 nitrogen and oxygen atoms in total. The molecule has 2 heterocycles. The van der Waals surface area contributed by atoms with E-state index in [1.807, 2.05) is 12.1 Å². The van der Waals surface area contributed by atoms with Crippen LogP contribution in [0, 0.1) is 0 Å². The topological polar surface area (TPSA) is 53.9 Å². The molecule has 0 saturated carbocycles. The van der Waals surface area contributed by atoms with Gasteiger partial charge in [0.25, 0.3) is 0 Å².